The molecule has 4 rings (SSSR count). The lowest BCUT2D eigenvalue weighted by Gasteiger charge is -2.15. The van der Waals surface area contributed by atoms with Crippen molar-refractivity contribution < 1.29 is 12.8 Å². The van der Waals surface area contributed by atoms with Crippen molar-refractivity contribution in [2.45, 2.75) is 37.1 Å². The van der Waals surface area contributed by atoms with E-state index in [0.717, 1.165) is 54.9 Å². The lowest BCUT2D eigenvalue weighted by molar-refractivity contribution is 0.577. The van der Waals surface area contributed by atoms with Crippen LogP contribution in [-0.4, -0.2) is 18.0 Å². The van der Waals surface area contributed by atoms with Crippen LogP contribution in [-0.2, 0) is 29.4 Å². The molecule has 3 aromatic rings. The molecule has 1 aliphatic rings. The molecule has 0 unspecified atom stereocenters. The van der Waals surface area contributed by atoms with Gasteiger partial charge in [-0.05, 0) is 62.1 Å². The molecule has 0 radical (unpaired) electrons. The second-order valence-electron chi connectivity index (χ2n) is 6.58. The normalized spacial score (nSPS) is 14.1. The van der Waals surface area contributed by atoms with Crippen molar-refractivity contribution in [3.05, 3.63) is 77.6 Å². The Morgan fingerprint density at radius 3 is 2.44 bits per heavy atom. The lowest BCUT2D eigenvalue weighted by Crippen LogP contribution is -2.25. The van der Waals surface area contributed by atoms with Crippen LogP contribution in [0, 0.1) is 5.82 Å². The van der Waals surface area contributed by atoms with E-state index in [4.69, 9.17) is 4.98 Å². The number of fused-ring (bicyclic) bond motifs is 1. The number of hydrogen-bond donors (Lipinski definition) is 1. The fourth-order valence-corrected chi connectivity index (χ4v) is 4.43. The number of para-hydroxylation sites is 1. The summed E-state index contributed by atoms with van der Waals surface area (Å²) in [4.78, 5) is 4.75. The molecule has 0 fully saturated rings. The molecule has 0 saturated heterocycles. The van der Waals surface area contributed by atoms with Crippen molar-refractivity contribution in [3.8, 4) is 5.69 Å². The molecule has 5 nitrogen and oxygen atoms in total. The van der Waals surface area contributed by atoms with Crippen LogP contribution >= 0.6 is 0 Å². The Hall–Kier alpha value is -2.51. The minimum Gasteiger partial charge on any atom is -0.299 e. The number of nitrogens with zero attached hydrogens (tertiary/aromatic N) is 2. The van der Waals surface area contributed by atoms with Gasteiger partial charge in [-0.2, -0.15) is 0 Å². The zero-order chi connectivity index (χ0) is 18.9. The van der Waals surface area contributed by atoms with Crippen LogP contribution in [0.15, 0.2) is 59.5 Å². The molecular weight excluding hydrogens is 365 g/mol. The zero-order valence-electron chi connectivity index (χ0n) is 14.7. The average molecular weight is 385 g/mol. The van der Waals surface area contributed by atoms with Gasteiger partial charge in [0.15, 0.2) is 0 Å². The maximum Gasteiger partial charge on any atom is 0.240 e. The third-order valence-corrected chi connectivity index (χ3v) is 6.18. The lowest BCUT2D eigenvalue weighted by atomic mass is 10.0. The Morgan fingerprint density at radius 1 is 1.00 bits per heavy atom. The predicted molar refractivity (Wildman–Crippen MR) is 101 cm³/mol. The molecule has 2 aromatic carbocycles. The van der Waals surface area contributed by atoms with Crippen molar-refractivity contribution in [1.29, 1.82) is 0 Å². The summed E-state index contributed by atoms with van der Waals surface area (Å²) >= 11 is 0. The third-order valence-electron chi connectivity index (χ3n) is 4.76. The Kier molecular flexibility index (Phi) is 4.80. The third kappa shape index (κ3) is 3.65. The minimum absolute atomic E-state index is 0.0338. The van der Waals surface area contributed by atoms with Gasteiger partial charge in [0.1, 0.15) is 11.6 Å². The van der Waals surface area contributed by atoms with E-state index >= 15 is 0 Å². The summed E-state index contributed by atoms with van der Waals surface area (Å²) < 4.78 is 42.8. The van der Waals surface area contributed by atoms with Crippen LogP contribution in [0.1, 0.15) is 30.1 Å². The van der Waals surface area contributed by atoms with E-state index in [9.17, 15) is 12.8 Å². The summed E-state index contributed by atoms with van der Waals surface area (Å²) in [6, 6.07) is 14.6. The van der Waals surface area contributed by atoms with Crippen LogP contribution in [0.3, 0.4) is 0 Å². The Labute approximate surface area is 157 Å². The number of halogens is 1. The summed E-state index contributed by atoms with van der Waals surface area (Å²) in [6.07, 6.45) is 4.04. The van der Waals surface area contributed by atoms with Gasteiger partial charge >= 0.3 is 0 Å². The van der Waals surface area contributed by atoms with Gasteiger partial charge in [-0.3, -0.25) is 4.57 Å². The first-order valence-corrected chi connectivity index (χ1v) is 10.4. The maximum absolute atomic E-state index is 13.1. The van der Waals surface area contributed by atoms with E-state index in [-0.39, 0.29) is 11.4 Å². The first-order valence-electron chi connectivity index (χ1n) is 8.94. The molecule has 1 aliphatic carbocycles. The van der Waals surface area contributed by atoms with Gasteiger partial charge in [0.25, 0.3) is 0 Å². The van der Waals surface area contributed by atoms with Crippen LogP contribution in [0.4, 0.5) is 4.39 Å². The average Bonchev–Trinajstić information content (AvgIpc) is 3.06. The Morgan fingerprint density at radius 2 is 1.70 bits per heavy atom. The standard InChI is InChI=1S/C20H20FN3O2S/c21-15-10-12-17(13-11-15)27(25,26)22-14-20-23-18-8-4-5-9-19(18)24(20)16-6-2-1-3-7-16/h1-3,6-7,10-13,22H,4-5,8-9,14H2. The van der Waals surface area contributed by atoms with Crippen LogP contribution in [0.5, 0.6) is 0 Å². The topological polar surface area (TPSA) is 64.0 Å². The summed E-state index contributed by atoms with van der Waals surface area (Å²) in [5.74, 6) is 0.194. The number of aryl methyl sites for hydroxylation is 1. The molecule has 1 heterocycles. The Bertz CT molecular complexity index is 1040. The van der Waals surface area contributed by atoms with Crippen molar-refractivity contribution in [2.75, 3.05) is 0 Å². The van der Waals surface area contributed by atoms with E-state index in [1.165, 1.54) is 12.1 Å². The predicted octanol–water partition coefficient (Wildman–Crippen LogP) is 3.37. The van der Waals surface area contributed by atoms with E-state index in [1.54, 1.807) is 0 Å². The molecule has 7 heteroatoms. The number of benzene rings is 2. The fraction of sp³-hybridized carbons (Fsp3) is 0.250. The molecule has 0 spiro atoms. The molecule has 0 amide bonds. The molecule has 0 bridgehead atoms. The van der Waals surface area contributed by atoms with Crippen LogP contribution < -0.4 is 4.72 Å². The maximum atomic E-state index is 13.1. The minimum atomic E-state index is -3.75. The van der Waals surface area contributed by atoms with Crippen molar-refractivity contribution in [3.63, 3.8) is 0 Å². The molecule has 0 saturated carbocycles. The van der Waals surface area contributed by atoms with Crippen molar-refractivity contribution in [2.24, 2.45) is 0 Å². The highest BCUT2D eigenvalue weighted by molar-refractivity contribution is 7.89. The summed E-state index contributed by atoms with van der Waals surface area (Å²) in [5, 5.41) is 0. The van der Waals surface area contributed by atoms with Crippen LogP contribution in [0.25, 0.3) is 5.69 Å². The highest BCUT2D eigenvalue weighted by atomic mass is 32.2. The molecule has 140 valence electrons. The summed E-state index contributed by atoms with van der Waals surface area (Å²) in [5.41, 5.74) is 3.17. The largest absolute Gasteiger partial charge is 0.299 e. The molecule has 0 atom stereocenters. The van der Waals surface area contributed by atoms with E-state index in [1.807, 2.05) is 30.3 Å². The van der Waals surface area contributed by atoms with Gasteiger partial charge in [0.05, 0.1) is 17.1 Å². The summed E-state index contributed by atoms with van der Waals surface area (Å²) in [6.45, 7) is 0.0710. The highest BCUT2D eigenvalue weighted by Gasteiger charge is 2.22. The quantitative estimate of drug-likeness (QED) is 0.732. The number of aromatic nitrogens is 2. The SMILES string of the molecule is O=S(=O)(NCc1nc2c(n1-c1ccccc1)CCCC2)c1ccc(F)cc1. The van der Waals surface area contributed by atoms with Gasteiger partial charge in [0, 0.05) is 11.4 Å². The van der Waals surface area contributed by atoms with Gasteiger partial charge in [-0.1, -0.05) is 18.2 Å². The van der Waals surface area contributed by atoms with Gasteiger partial charge in [0.2, 0.25) is 10.0 Å². The summed E-state index contributed by atoms with van der Waals surface area (Å²) in [7, 11) is -3.75. The Balaban J connectivity index is 1.66. The number of rotatable bonds is 5. The highest BCUT2D eigenvalue weighted by Crippen LogP contribution is 2.26. The van der Waals surface area contributed by atoms with Crippen molar-refractivity contribution >= 4 is 10.0 Å². The second kappa shape index (κ2) is 7.25. The molecule has 1 aromatic heterocycles. The van der Waals surface area contributed by atoms with Crippen LogP contribution in [0.2, 0.25) is 0 Å². The van der Waals surface area contributed by atoms with E-state index in [0.29, 0.717) is 5.82 Å². The monoisotopic (exact) mass is 385 g/mol. The second-order valence-corrected chi connectivity index (χ2v) is 8.34. The van der Waals surface area contributed by atoms with Gasteiger partial charge in [-0.15, -0.1) is 0 Å². The number of sulfonamides is 1. The fourth-order valence-electron chi connectivity index (χ4n) is 3.45. The first kappa shape index (κ1) is 17.9. The molecule has 27 heavy (non-hydrogen) atoms. The van der Waals surface area contributed by atoms with Gasteiger partial charge in [-0.25, -0.2) is 22.5 Å². The van der Waals surface area contributed by atoms with Gasteiger partial charge < -0.3 is 0 Å². The molecule has 0 aliphatic heterocycles. The molecule has 1 N–H and O–H groups in total. The number of imidazole rings is 1. The van der Waals surface area contributed by atoms with E-state index in [2.05, 4.69) is 9.29 Å². The van der Waals surface area contributed by atoms with Crippen molar-refractivity contribution in [1.82, 2.24) is 14.3 Å². The number of nitrogens with one attached hydrogen (secondary N) is 1. The molecular formula is C20H20FN3O2S. The van der Waals surface area contributed by atoms with E-state index < -0.39 is 15.8 Å². The first-order chi connectivity index (χ1) is 13.0. The smallest absolute Gasteiger partial charge is 0.240 e. The number of hydrogen-bond acceptors (Lipinski definition) is 3. The zero-order valence-corrected chi connectivity index (χ0v) is 15.5.